The van der Waals surface area contributed by atoms with Crippen LogP contribution in [0.5, 0.6) is 0 Å². The van der Waals surface area contributed by atoms with Gasteiger partial charge in [0.1, 0.15) is 0 Å². The number of isocyanates is 1. The molecule has 1 saturated carbocycles. The molecule has 0 aromatic heterocycles. The van der Waals surface area contributed by atoms with Crippen molar-refractivity contribution in [1.29, 1.82) is 0 Å². The monoisotopic (exact) mass is 224 g/mol. The van der Waals surface area contributed by atoms with Crippen molar-refractivity contribution in [2.45, 2.75) is 43.7 Å². The second-order valence-corrected chi connectivity index (χ2v) is 5.73. The fraction of sp³-hybridized carbons (Fsp3) is 0.917. The summed E-state index contributed by atoms with van der Waals surface area (Å²) in [6.45, 7) is 3.94. The van der Waals surface area contributed by atoms with Gasteiger partial charge in [-0.3, -0.25) is 0 Å². The zero-order valence-corrected chi connectivity index (χ0v) is 10.1. The summed E-state index contributed by atoms with van der Waals surface area (Å²) < 4.78 is 0. The minimum Gasteiger partial charge on any atom is -0.390 e. The normalized spacial score (nSPS) is 41.2. The van der Waals surface area contributed by atoms with E-state index in [0.717, 1.165) is 25.9 Å². The Bertz CT molecular complexity index is 305. The zero-order chi connectivity index (χ0) is 11.8. The number of carbonyl (C=O) groups excluding carboxylic acids is 1. The largest absolute Gasteiger partial charge is 0.390 e. The molecule has 2 rings (SSSR count). The summed E-state index contributed by atoms with van der Waals surface area (Å²) in [5.41, 5.74) is -0.948. The molecular weight excluding hydrogens is 204 g/mol. The molecule has 4 nitrogen and oxygen atoms in total. The van der Waals surface area contributed by atoms with Gasteiger partial charge in [-0.15, -0.1) is 0 Å². The molecule has 1 heterocycles. The third-order valence-corrected chi connectivity index (χ3v) is 4.12. The van der Waals surface area contributed by atoms with Gasteiger partial charge in [0.2, 0.25) is 6.08 Å². The van der Waals surface area contributed by atoms with Crippen molar-refractivity contribution in [3.63, 3.8) is 0 Å². The van der Waals surface area contributed by atoms with Gasteiger partial charge in [0, 0.05) is 12.8 Å². The maximum absolute atomic E-state index is 10.5. The Morgan fingerprint density at radius 1 is 1.38 bits per heavy atom. The molecule has 1 aliphatic heterocycles. The van der Waals surface area contributed by atoms with Crippen LogP contribution in [0.4, 0.5) is 0 Å². The molecule has 1 aliphatic carbocycles. The van der Waals surface area contributed by atoms with E-state index in [4.69, 9.17) is 0 Å². The van der Waals surface area contributed by atoms with E-state index in [1.165, 1.54) is 0 Å². The topological polar surface area (TPSA) is 52.9 Å². The first-order valence-electron chi connectivity index (χ1n) is 5.97. The minimum absolute atomic E-state index is 0.313. The van der Waals surface area contributed by atoms with E-state index in [2.05, 4.69) is 16.9 Å². The van der Waals surface area contributed by atoms with Gasteiger partial charge >= 0.3 is 0 Å². The van der Waals surface area contributed by atoms with Crippen LogP contribution in [-0.2, 0) is 4.79 Å². The van der Waals surface area contributed by atoms with Gasteiger partial charge in [-0.25, -0.2) is 4.79 Å². The second kappa shape index (κ2) is 3.95. The van der Waals surface area contributed by atoms with Gasteiger partial charge in [-0.05, 0) is 45.8 Å². The molecule has 0 spiro atoms. The molecule has 16 heavy (non-hydrogen) atoms. The molecule has 0 radical (unpaired) electrons. The summed E-state index contributed by atoms with van der Waals surface area (Å²) in [6, 6.07) is 0. The van der Waals surface area contributed by atoms with Crippen LogP contribution >= 0.6 is 0 Å². The first kappa shape index (κ1) is 11.8. The molecule has 0 unspecified atom stereocenters. The smallest absolute Gasteiger partial charge is 0.235 e. The van der Waals surface area contributed by atoms with Crippen LogP contribution in [0, 0.1) is 5.92 Å². The number of hydrogen-bond donors (Lipinski definition) is 1. The summed E-state index contributed by atoms with van der Waals surface area (Å²) in [6.07, 6.45) is 5.07. The number of aliphatic hydroxyl groups is 1. The van der Waals surface area contributed by atoms with Gasteiger partial charge in [-0.2, -0.15) is 4.99 Å². The Morgan fingerprint density at radius 2 is 1.94 bits per heavy atom. The van der Waals surface area contributed by atoms with E-state index < -0.39 is 5.60 Å². The van der Waals surface area contributed by atoms with Gasteiger partial charge in [0.15, 0.2) is 0 Å². The van der Waals surface area contributed by atoms with Crippen LogP contribution < -0.4 is 0 Å². The quantitative estimate of drug-likeness (QED) is 0.561. The average Bonchev–Trinajstić information content (AvgIpc) is 2.16. The third-order valence-electron chi connectivity index (χ3n) is 4.12. The standard InChI is InChI=1S/C12H20N2O2/c1-11(16)7-12(8-11,13-9-15)10-3-5-14(2)6-4-10/h10,16H,3-8H2,1-2H3. The molecule has 0 atom stereocenters. The molecule has 1 N–H and O–H groups in total. The molecule has 1 saturated heterocycles. The molecule has 0 bridgehead atoms. The van der Waals surface area contributed by atoms with E-state index in [1.807, 2.05) is 6.92 Å². The maximum Gasteiger partial charge on any atom is 0.235 e. The highest BCUT2D eigenvalue weighted by Gasteiger charge is 2.55. The summed E-state index contributed by atoms with van der Waals surface area (Å²) in [4.78, 5) is 16.9. The number of piperidine rings is 1. The lowest BCUT2D eigenvalue weighted by atomic mass is 9.58. The third kappa shape index (κ3) is 2.05. The Balaban J connectivity index is 2.07. The van der Waals surface area contributed by atoms with Crippen molar-refractivity contribution in [3.05, 3.63) is 0 Å². The van der Waals surface area contributed by atoms with Gasteiger partial charge in [-0.1, -0.05) is 0 Å². The van der Waals surface area contributed by atoms with Crippen LogP contribution in [0.1, 0.15) is 32.6 Å². The summed E-state index contributed by atoms with van der Waals surface area (Å²) in [5, 5.41) is 9.86. The van der Waals surface area contributed by atoms with Crippen LogP contribution in [0.3, 0.4) is 0 Å². The van der Waals surface area contributed by atoms with E-state index in [0.29, 0.717) is 18.8 Å². The highest BCUT2D eigenvalue weighted by Crippen LogP contribution is 2.51. The molecule has 0 aromatic rings. The van der Waals surface area contributed by atoms with Crippen molar-refractivity contribution in [3.8, 4) is 0 Å². The molecular formula is C12H20N2O2. The molecule has 0 amide bonds. The minimum atomic E-state index is -0.635. The molecule has 2 fully saturated rings. The first-order chi connectivity index (χ1) is 7.47. The van der Waals surface area contributed by atoms with Gasteiger partial charge in [0.25, 0.3) is 0 Å². The van der Waals surface area contributed by atoms with E-state index >= 15 is 0 Å². The van der Waals surface area contributed by atoms with Crippen LogP contribution in [0.2, 0.25) is 0 Å². The summed E-state index contributed by atoms with van der Waals surface area (Å²) in [5.74, 6) is 0.436. The molecule has 4 heteroatoms. The van der Waals surface area contributed by atoms with Gasteiger partial charge < -0.3 is 10.0 Å². The highest BCUT2D eigenvalue weighted by atomic mass is 16.3. The fourth-order valence-corrected chi connectivity index (χ4v) is 3.36. The lowest BCUT2D eigenvalue weighted by molar-refractivity contribution is -0.0981. The second-order valence-electron chi connectivity index (χ2n) is 5.73. The van der Waals surface area contributed by atoms with Crippen molar-refractivity contribution in [2.75, 3.05) is 20.1 Å². The molecule has 90 valence electrons. The number of rotatable bonds is 2. The van der Waals surface area contributed by atoms with Crippen LogP contribution in [0.25, 0.3) is 0 Å². The van der Waals surface area contributed by atoms with Crippen LogP contribution in [-0.4, -0.2) is 47.4 Å². The van der Waals surface area contributed by atoms with E-state index in [9.17, 15) is 9.90 Å². The fourth-order valence-electron chi connectivity index (χ4n) is 3.36. The van der Waals surface area contributed by atoms with Crippen LogP contribution in [0.15, 0.2) is 4.99 Å². The van der Waals surface area contributed by atoms with E-state index in [1.54, 1.807) is 6.08 Å². The predicted molar refractivity (Wildman–Crippen MR) is 60.9 cm³/mol. The number of likely N-dealkylation sites (tertiary alicyclic amines) is 1. The lowest BCUT2D eigenvalue weighted by Crippen LogP contribution is -2.59. The highest BCUT2D eigenvalue weighted by molar-refractivity contribution is 5.37. The zero-order valence-electron chi connectivity index (χ0n) is 10.1. The Hall–Kier alpha value is -0.700. The number of aliphatic imine (C=N–C) groups is 1. The Labute approximate surface area is 96.4 Å². The maximum atomic E-state index is 10.5. The first-order valence-corrected chi connectivity index (χ1v) is 5.97. The van der Waals surface area contributed by atoms with Crippen molar-refractivity contribution in [1.82, 2.24) is 4.90 Å². The van der Waals surface area contributed by atoms with Gasteiger partial charge in [0.05, 0.1) is 11.1 Å². The van der Waals surface area contributed by atoms with E-state index in [-0.39, 0.29) is 5.54 Å². The molecule has 0 aromatic carbocycles. The van der Waals surface area contributed by atoms with Crippen molar-refractivity contribution < 1.29 is 9.90 Å². The van der Waals surface area contributed by atoms with Crippen molar-refractivity contribution >= 4 is 6.08 Å². The Morgan fingerprint density at radius 3 is 2.38 bits per heavy atom. The molecule has 2 aliphatic rings. The number of hydrogen-bond acceptors (Lipinski definition) is 4. The van der Waals surface area contributed by atoms with Crippen molar-refractivity contribution in [2.24, 2.45) is 10.9 Å². The SMILES string of the molecule is CN1CCC(C2(N=C=O)CC(C)(O)C2)CC1. The number of nitrogens with zero attached hydrogens (tertiary/aromatic N) is 2. The lowest BCUT2D eigenvalue weighted by Gasteiger charge is -2.53. The Kier molecular flexibility index (Phi) is 2.91. The predicted octanol–water partition coefficient (Wildman–Crippen LogP) is 0.948. The summed E-state index contributed by atoms with van der Waals surface area (Å²) >= 11 is 0. The summed E-state index contributed by atoms with van der Waals surface area (Å²) in [7, 11) is 2.11. The average molecular weight is 224 g/mol.